The molecule has 0 spiro atoms. The van der Waals surface area contributed by atoms with E-state index >= 15 is 0 Å². The molecule has 0 saturated carbocycles. The van der Waals surface area contributed by atoms with E-state index in [1.54, 1.807) is 18.4 Å². The maximum absolute atomic E-state index is 5.41. The van der Waals surface area contributed by atoms with Crippen LogP contribution in [-0.2, 0) is 4.74 Å². The topological polar surface area (TPSA) is 34.6 Å². The Morgan fingerprint density at radius 1 is 1.08 bits per heavy atom. The minimum absolute atomic E-state index is 0.810. The standard InChI is InChI=1S/C20H20N2O2S/c1-23-17-7-8-18-19(14-17)25-20(21-18)9-4-15-2-5-16(6-3-15)22-10-12-24-13-11-22/h2-9,14H,10-13H2,1H3/b9-4+. The zero-order valence-corrected chi connectivity index (χ0v) is 15.0. The van der Waals surface area contributed by atoms with Crippen LogP contribution in [0.3, 0.4) is 0 Å². The van der Waals surface area contributed by atoms with Crippen LogP contribution in [0.5, 0.6) is 5.75 Å². The summed E-state index contributed by atoms with van der Waals surface area (Å²) < 4.78 is 11.8. The molecule has 0 radical (unpaired) electrons. The molecule has 0 N–H and O–H groups in total. The normalized spacial score (nSPS) is 15.2. The van der Waals surface area contributed by atoms with Gasteiger partial charge in [-0.05, 0) is 42.0 Å². The molecular formula is C20H20N2O2S. The third-order valence-electron chi connectivity index (χ3n) is 4.30. The quantitative estimate of drug-likeness (QED) is 0.701. The largest absolute Gasteiger partial charge is 0.497 e. The molecule has 5 heteroatoms. The third-order valence-corrected chi connectivity index (χ3v) is 5.28. The fourth-order valence-electron chi connectivity index (χ4n) is 2.91. The van der Waals surface area contributed by atoms with Crippen molar-refractivity contribution in [3.8, 4) is 5.75 Å². The van der Waals surface area contributed by atoms with Crippen molar-refractivity contribution in [3.05, 3.63) is 53.0 Å². The Morgan fingerprint density at radius 3 is 2.64 bits per heavy atom. The lowest BCUT2D eigenvalue weighted by atomic mass is 10.2. The predicted molar refractivity (Wildman–Crippen MR) is 105 cm³/mol. The van der Waals surface area contributed by atoms with Crippen LogP contribution in [0.4, 0.5) is 5.69 Å². The monoisotopic (exact) mass is 352 g/mol. The molecule has 0 atom stereocenters. The van der Waals surface area contributed by atoms with Gasteiger partial charge in [-0.25, -0.2) is 4.98 Å². The molecule has 1 aromatic heterocycles. The van der Waals surface area contributed by atoms with Gasteiger partial charge in [0.1, 0.15) is 10.8 Å². The SMILES string of the molecule is COc1ccc2nc(/C=C/c3ccc(N4CCOCC4)cc3)sc2c1. The highest BCUT2D eigenvalue weighted by molar-refractivity contribution is 7.19. The first-order chi connectivity index (χ1) is 12.3. The van der Waals surface area contributed by atoms with E-state index in [1.165, 1.54) is 11.3 Å². The Hall–Kier alpha value is -2.37. The molecule has 0 aliphatic carbocycles. The average Bonchev–Trinajstić information content (AvgIpc) is 3.09. The fraction of sp³-hybridized carbons (Fsp3) is 0.250. The molecule has 3 aromatic rings. The van der Waals surface area contributed by atoms with Crippen molar-refractivity contribution in [3.63, 3.8) is 0 Å². The number of hydrogen-bond acceptors (Lipinski definition) is 5. The van der Waals surface area contributed by atoms with Crippen molar-refractivity contribution in [2.24, 2.45) is 0 Å². The van der Waals surface area contributed by atoms with Gasteiger partial charge in [-0.15, -0.1) is 11.3 Å². The van der Waals surface area contributed by atoms with Crippen molar-refractivity contribution in [2.75, 3.05) is 38.3 Å². The third kappa shape index (κ3) is 3.67. The molecule has 2 heterocycles. The van der Waals surface area contributed by atoms with Gasteiger partial charge in [-0.2, -0.15) is 0 Å². The number of benzene rings is 2. The number of anilines is 1. The van der Waals surface area contributed by atoms with Crippen LogP contribution in [0.1, 0.15) is 10.6 Å². The van der Waals surface area contributed by atoms with E-state index < -0.39 is 0 Å². The van der Waals surface area contributed by atoms with E-state index in [2.05, 4.69) is 46.3 Å². The molecule has 2 aromatic carbocycles. The van der Waals surface area contributed by atoms with Crippen LogP contribution in [0, 0.1) is 0 Å². The number of hydrogen-bond donors (Lipinski definition) is 0. The van der Waals surface area contributed by atoms with Gasteiger partial charge in [0.05, 0.1) is 30.5 Å². The summed E-state index contributed by atoms with van der Waals surface area (Å²) in [6.07, 6.45) is 4.18. The molecule has 4 nitrogen and oxygen atoms in total. The summed E-state index contributed by atoms with van der Waals surface area (Å²) in [5.74, 6) is 0.866. The van der Waals surface area contributed by atoms with E-state index in [4.69, 9.17) is 9.47 Å². The molecular weight excluding hydrogens is 332 g/mol. The van der Waals surface area contributed by atoms with E-state index in [-0.39, 0.29) is 0 Å². The minimum Gasteiger partial charge on any atom is -0.497 e. The Labute approximate surface area is 151 Å². The first-order valence-electron chi connectivity index (χ1n) is 8.37. The van der Waals surface area contributed by atoms with E-state index in [0.29, 0.717) is 0 Å². The highest BCUT2D eigenvalue weighted by atomic mass is 32.1. The molecule has 1 saturated heterocycles. The van der Waals surface area contributed by atoms with Gasteiger partial charge in [-0.3, -0.25) is 0 Å². The highest BCUT2D eigenvalue weighted by Gasteiger charge is 2.10. The predicted octanol–water partition coefficient (Wildman–Crippen LogP) is 4.31. The number of nitrogens with zero attached hydrogens (tertiary/aromatic N) is 2. The molecule has 1 fully saturated rings. The summed E-state index contributed by atoms with van der Waals surface area (Å²) >= 11 is 1.67. The van der Waals surface area contributed by atoms with Crippen molar-refractivity contribution in [1.82, 2.24) is 4.98 Å². The van der Waals surface area contributed by atoms with Crippen molar-refractivity contribution in [1.29, 1.82) is 0 Å². The fourth-order valence-corrected chi connectivity index (χ4v) is 3.81. The second kappa shape index (κ2) is 7.25. The van der Waals surface area contributed by atoms with Gasteiger partial charge in [0.2, 0.25) is 0 Å². The zero-order valence-electron chi connectivity index (χ0n) is 14.1. The van der Waals surface area contributed by atoms with Crippen LogP contribution in [0.25, 0.3) is 22.4 Å². The minimum atomic E-state index is 0.810. The van der Waals surface area contributed by atoms with E-state index in [0.717, 1.165) is 47.3 Å². The molecule has 4 rings (SSSR count). The Bertz CT molecular complexity index is 880. The molecule has 1 aliphatic heterocycles. The second-order valence-corrected chi connectivity index (χ2v) is 6.97. The first kappa shape index (κ1) is 16.1. The average molecular weight is 352 g/mol. The maximum atomic E-state index is 5.41. The molecule has 0 bridgehead atoms. The Morgan fingerprint density at radius 2 is 1.88 bits per heavy atom. The Kier molecular flexibility index (Phi) is 4.68. The van der Waals surface area contributed by atoms with E-state index in [9.17, 15) is 0 Å². The number of rotatable bonds is 4. The second-order valence-electron chi connectivity index (χ2n) is 5.91. The molecule has 128 valence electrons. The number of morpholine rings is 1. The number of fused-ring (bicyclic) bond motifs is 1. The van der Waals surface area contributed by atoms with Crippen LogP contribution < -0.4 is 9.64 Å². The summed E-state index contributed by atoms with van der Waals surface area (Å²) in [4.78, 5) is 7.01. The van der Waals surface area contributed by atoms with Crippen molar-refractivity contribution >= 4 is 39.4 Å². The van der Waals surface area contributed by atoms with Gasteiger partial charge in [0.25, 0.3) is 0 Å². The number of ether oxygens (including phenoxy) is 2. The smallest absolute Gasteiger partial charge is 0.120 e. The summed E-state index contributed by atoms with van der Waals surface area (Å²) in [6.45, 7) is 3.54. The van der Waals surface area contributed by atoms with Crippen molar-refractivity contribution < 1.29 is 9.47 Å². The number of methoxy groups -OCH3 is 1. The zero-order chi connectivity index (χ0) is 17.1. The van der Waals surface area contributed by atoms with Gasteiger partial charge in [-0.1, -0.05) is 18.2 Å². The lowest BCUT2D eigenvalue weighted by Crippen LogP contribution is -2.36. The molecule has 1 aliphatic rings. The van der Waals surface area contributed by atoms with Crippen LogP contribution in [-0.4, -0.2) is 38.4 Å². The summed E-state index contributed by atoms with van der Waals surface area (Å²) in [5.41, 5.74) is 3.44. The number of aromatic nitrogens is 1. The van der Waals surface area contributed by atoms with Crippen molar-refractivity contribution in [2.45, 2.75) is 0 Å². The summed E-state index contributed by atoms with van der Waals surface area (Å²) in [7, 11) is 1.68. The summed E-state index contributed by atoms with van der Waals surface area (Å²) in [5, 5.41) is 1.00. The summed E-state index contributed by atoms with van der Waals surface area (Å²) in [6, 6.07) is 14.6. The van der Waals surface area contributed by atoms with Crippen LogP contribution in [0.15, 0.2) is 42.5 Å². The maximum Gasteiger partial charge on any atom is 0.120 e. The van der Waals surface area contributed by atoms with Gasteiger partial charge < -0.3 is 14.4 Å². The van der Waals surface area contributed by atoms with Gasteiger partial charge in [0.15, 0.2) is 0 Å². The van der Waals surface area contributed by atoms with Crippen LogP contribution in [0.2, 0.25) is 0 Å². The number of thiazole rings is 1. The molecule has 0 unspecified atom stereocenters. The first-order valence-corrected chi connectivity index (χ1v) is 9.19. The molecule has 25 heavy (non-hydrogen) atoms. The highest BCUT2D eigenvalue weighted by Crippen LogP contribution is 2.27. The molecule has 0 amide bonds. The van der Waals surface area contributed by atoms with E-state index in [1.807, 2.05) is 18.2 Å². The van der Waals surface area contributed by atoms with Gasteiger partial charge >= 0.3 is 0 Å². The lowest BCUT2D eigenvalue weighted by Gasteiger charge is -2.28. The van der Waals surface area contributed by atoms with Crippen LogP contribution >= 0.6 is 11.3 Å². The van der Waals surface area contributed by atoms with Gasteiger partial charge in [0, 0.05) is 18.8 Å². The lowest BCUT2D eigenvalue weighted by molar-refractivity contribution is 0.122. The Balaban J connectivity index is 1.49.